The molecule has 2 aliphatic heterocycles. The summed E-state index contributed by atoms with van der Waals surface area (Å²) < 4.78 is 70.5. The zero-order valence-electron chi connectivity index (χ0n) is 28.0. The second-order valence-electron chi connectivity index (χ2n) is 12.0. The van der Waals surface area contributed by atoms with Crippen LogP contribution >= 0.6 is 0 Å². The molecule has 16 nitrogen and oxygen atoms in total. The van der Waals surface area contributed by atoms with Gasteiger partial charge in [-0.2, -0.15) is 57.5 Å². The van der Waals surface area contributed by atoms with Crippen LogP contribution in [0.2, 0.25) is 0 Å². The third-order valence-electron chi connectivity index (χ3n) is 8.10. The molecule has 18 heteroatoms. The number of anilines is 2. The summed E-state index contributed by atoms with van der Waals surface area (Å²) in [7, 11) is -10.0. The van der Waals surface area contributed by atoms with E-state index in [1.807, 2.05) is 38.1 Å². The number of nitrogens with zero attached hydrogens (tertiary/aromatic N) is 8. The van der Waals surface area contributed by atoms with Crippen molar-refractivity contribution in [3.05, 3.63) is 96.1 Å². The molecule has 6 rings (SSSR count). The second-order valence-corrected chi connectivity index (χ2v) is 14.8. The number of rotatable bonds is 9. The monoisotopic (exact) mass is 742 g/mol. The molecule has 2 N–H and O–H groups in total. The van der Waals surface area contributed by atoms with Crippen molar-refractivity contribution < 1.29 is 35.5 Å². The first-order chi connectivity index (χ1) is 24.5. The van der Waals surface area contributed by atoms with Crippen molar-refractivity contribution in [1.82, 2.24) is 0 Å². The van der Waals surface area contributed by atoms with Gasteiger partial charge in [0.1, 0.15) is 9.79 Å². The van der Waals surface area contributed by atoms with Crippen molar-refractivity contribution in [2.45, 2.75) is 49.6 Å². The maximum absolute atomic E-state index is 13.1. The van der Waals surface area contributed by atoms with Crippen LogP contribution in [0.1, 0.15) is 25.0 Å². The normalized spacial score (nSPS) is 18.2. The molecule has 4 aromatic rings. The van der Waals surface area contributed by atoms with E-state index in [4.69, 9.17) is 0 Å². The predicted molar refractivity (Wildman–Crippen MR) is 192 cm³/mol. The Morgan fingerprint density at radius 3 is 1.23 bits per heavy atom. The Morgan fingerprint density at radius 2 is 0.904 bits per heavy atom. The van der Waals surface area contributed by atoms with Gasteiger partial charge in [-0.1, -0.05) is 47.5 Å². The Hall–Kier alpha value is -5.82. The molecule has 2 amide bonds. The SMILES string of the molecule is CC1=NN(c2ccc(C)cc2)C(=O)C1N=Nc1ccc(-c2ccc(N=NC3C(=O)N(c4ccc(C)cc4)N=C3C)cc2S(=O)(=O)O)c(S(=O)(=O)O)c1. The van der Waals surface area contributed by atoms with Crippen LogP contribution in [0.5, 0.6) is 0 Å². The van der Waals surface area contributed by atoms with E-state index >= 15 is 0 Å². The van der Waals surface area contributed by atoms with Crippen LogP contribution in [0.25, 0.3) is 11.1 Å². The molecule has 0 spiro atoms. The van der Waals surface area contributed by atoms with Crippen molar-refractivity contribution in [3.8, 4) is 11.1 Å². The van der Waals surface area contributed by atoms with E-state index < -0.39 is 53.9 Å². The quantitative estimate of drug-likeness (QED) is 0.148. The molecule has 0 radical (unpaired) electrons. The lowest BCUT2D eigenvalue weighted by molar-refractivity contribution is -0.118. The largest absolute Gasteiger partial charge is 0.295 e. The molecule has 0 fully saturated rings. The topological polar surface area (TPSA) is 224 Å². The van der Waals surface area contributed by atoms with E-state index in [2.05, 4.69) is 30.7 Å². The average molecular weight is 743 g/mol. The van der Waals surface area contributed by atoms with Crippen molar-refractivity contribution in [2.75, 3.05) is 10.0 Å². The minimum Gasteiger partial charge on any atom is -0.282 e. The maximum atomic E-state index is 13.1. The van der Waals surface area contributed by atoms with Crippen LogP contribution in [0.15, 0.2) is 125 Å². The van der Waals surface area contributed by atoms with Crippen LogP contribution in [0, 0.1) is 13.8 Å². The van der Waals surface area contributed by atoms with E-state index in [0.717, 1.165) is 35.4 Å². The molecule has 2 atom stereocenters. The number of azo groups is 2. The molecular formula is C34H30N8O8S2. The fraction of sp³-hybridized carbons (Fsp3) is 0.176. The first kappa shape index (κ1) is 36.0. The third kappa shape index (κ3) is 7.31. The molecule has 2 unspecified atom stereocenters. The first-order valence-corrected chi connectivity index (χ1v) is 18.4. The van der Waals surface area contributed by atoms with Crippen LogP contribution in [-0.4, -0.2) is 61.3 Å². The number of benzene rings is 4. The van der Waals surface area contributed by atoms with Gasteiger partial charge in [-0.3, -0.25) is 18.7 Å². The predicted octanol–water partition coefficient (Wildman–Crippen LogP) is 6.21. The van der Waals surface area contributed by atoms with Crippen LogP contribution < -0.4 is 10.0 Å². The van der Waals surface area contributed by atoms with Crippen LogP contribution in [0.4, 0.5) is 22.7 Å². The third-order valence-corrected chi connectivity index (χ3v) is 9.89. The van der Waals surface area contributed by atoms with Gasteiger partial charge in [0.2, 0.25) is 0 Å². The van der Waals surface area contributed by atoms with Crippen molar-refractivity contribution in [1.29, 1.82) is 0 Å². The summed E-state index contributed by atoms with van der Waals surface area (Å²) in [5.74, 6) is -0.981. The highest BCUT2D eigenvalue weighted by Crippen LogP contribution is 2.37. The molecule has 2 heterocycles. The minimum absolute atomic E-state index is 0.0949. The molecule has 0 aliphatic carbocycles. The molecular weight excluding hydrogens is 713 g/mol. The highest BCUT2D eigenvalue weighted by molar-refractivity contribution is 7.86. The fourth-order valence-corrected chi connectivity index (χ4v) is 6.84. The molecule has 0 saturated carbocycles. The van der Waals surface area contributed by atoms with E-state index in [1.54, 1.807) is 38.1 Å². The Morgan fingerprint density at radius 1 is 0.558 bits per heavy atom. The number of aryl methyl sites for hydroxylation is 2. The van der Waals surface area contributed by atoms with E-state index in [0.29, 0.717) is 22.8 Å². The molecule has 0 aromatic heterocycles. The summed E-state index contributed by atoms with van der Waals surface area (Å²) in [6, 6.07) is 18.7. The lowest BCUT2D eigenvalue weighted by Crippen LogP contribution is -2.29. The number of amides is 2. The van der Waals surface area contributed by atoms with Crippen molar-refractivity contribution in [2.24, 2.45) is 30.7 Å². The van der Waals surface area contributed by atoms with Crippen molar-refractivity contribution >= 4 is 66.2 Å². The van der Waals surface area contributed by atoms with Gasteiger partial charge in [0, 0.05) is 11.1 Å². The van der Waals surface area contributed by atoms with Gasteiger partial charge in [0.25, 0.3) is 32.1 Å². The lowest BCUT2D eigenvalue weighted by Gasteiger charge is -2.13. The lowest BCUT2D eigenvalue weighted by atomic mass is 10.0. The van der Waals surface area contributed by atoms with Gasteiger partial charge in [0.15, 0.2) is 12.1 Å². The summed E-state index contributed by atoms with van der Waals surface area (Å²) in [6.07, 6.45) is 0. The van der Waals surface area contributed by atoms with Crippen molar-refractivity contribution in [3.63, 3.8) is 0 Å². The van der Waals surface area contributed by atoms with Gasteiger partial charge < -0.3 is 0 Å². The molecule has 52 heavy (non-hydrogen) atoms. The minimum atomic E-state index is -5.02. The molecule has 4 aromatic carbocycles. The number of hydrogen-bond acceptors (Lipinski definition) is 12. The summed E-state index contributed by atoms with van der Waals surface area (Å²) in [5, 5.41) is 27.1. The number of hydrazone groups is 2. The highest BCUT2D eigenvalue weighted by Gasteiger charge is 2.36. The van der Waals surface area contributed by atoms with E-state index in [1.165, 1.54) is 22.2 Å². The molecule has 0 bridgehead atoms. The van der Waals surface area contributed by atoms with Gasteiger partial charge in [0.05, 0.1) is 34.2 Å². The maximum Gasteiger partial charge on any atom is 0.295 e. The smallest absolute Gasteiger partial charge is 0.282 e. The van der Waals surface area contributed by atoms with Gasteiger partial charge in [-0.25, -0.2) is 0 Å². The second kappa shape index (κ2) is 13.7. The Kier molecular flexibility index (Phi) is 9.49. The molecule has 2 aliphatic rings. The highest BCUT2D eigenvalue weighted by atomic mass is 32.2. The number of hydrogen-bond donors (Lipinski definition) is 2. The Bertz CT molecular complexity index is 2290. The summed E-state index contributed by atoms with van der Waals surface area (Å²) >= 11 is 0. The van der Waals surface area contributed by atoms with Gasteiger partial charge in [-0.15, -0.1) is 0 Å². The fourth-order valence-electron chi connectivity index (χ4n) is 5.39. The molecule has 266 valence electrons. The Labute approximate surface area is 298 Å². The molecule has 0 saturated heterocycles. The van der Waals surface area contributed by atoms with E-state index in [-0.39, 0.29) is 22.5 Å². The van der Waals surface area contributed by atoms with E-state index in [9.17, 15) is 35.5 Å². The zero-order chi connectivity index (χ0) is 37.5. The standard InChI is InChI=1S/C34H30N8O8S2/c1-19-5-11-25(12-6-19)41-33(43)31(21(3)39-41)37-35-23-9-15-27(29(17-23)51(45,46)47)28-16-10-24(18-30(28)52(48,49)50)36-38-32-22(4)40-42(34(32)44)26-13-7-20(2)8-14-26/h5-18,31-32H,1-4H3,(H,45,46,47)(H,48,49,50). The first-order valence-electron chi connectivity index (χ1n) is 15.5. The van der Waals surface area contributed by atoms with Gasteiger partial charge >= 0.3 is 0 Å². The van der Waals surface area contributed by atoms with Crippen LogP contribution in [0.3, 0.4) is 0 Å². The number of carbonyl (C=O) groups excluding carboxylic acids is 2. The zero-order valence-corrected chi connectivity index (χ0v) is 29.6. The summed E-state index contributed by atoms with van der Waals surface area (Å²) in [4.78, 5) is 24.7. The average Bonchev–Trinajstić information content (AvgIpc) is 3.54. The summed E-state index contributed by atoms with van der Waals surface area (Å²) in [5.41, 5.74) is 2.89. The van der Waals surface area contributed by atoms with Crippen LogP contribution in [-0.2, 0) is 29.8 Å². The Balaban J connectivity index is 1.28. The summed E-state index contributed by atoms with van der Waals surface area (Å²) in [6.45, 7) is 6.97. The number of carbonyl (C=O) groups is 2. The van der Waals surface area contributed by atoms with Gasteiger partial charge in [-0.05, 0) is 76.2 Å².